The van der Waals surface area contributed by atoms with Crippen LogP contribution in [0, 0.1) is 10.1 Å². The van der Waals surface area contributed by atoms with E-state index in [2.05, 4.69) is 0 Å². The standard InChI is InChI=1S/C7H6ClFN2O2/c8-5-2-7(11(12)13)6(10)1-4(5)3-9/h1-2H,3,10H2. The van der Waals surface area contributed by atoms with E-state index in [-0.39, 0.29) is 22.0 Å². The molecule has 0 saturated heterocycles. The second-order valence-electron chi connectivity index (χ2n) is 2.39. The molecule has 0 aliphatic carbocycles. The molecule has 0 aliphatic rings. The van der Waals surface area contributed by atoms with Crippen LogP contribution in [-0.4, -0.2) is 4.92 Å². The molecule has 1 rings (SSSR count). The van der Waals surface area contributed by atoms with E-state index in [1.165, 1.54) is 6.07 Å². The number of anilines is 1. The largest absolute Gasteiger partial charge is 0.393 e. The van der Waals surface area contributed by atoms with E-state index in [4.69, 9.17) is 17.3 Å². The first-order valence-electron chi connectivity index (χ1n) is 3.34. The summed E-state index contributed by atoms with van der Waals surface area (Å²) in [5, 5.41) is 10.4. The van der Waals surface area contributed by atoms with Crippen molar-refractivity contribution in [2.75, 3.05) is 5.73 Å². The van der Waals surface area contributed by atoms with E-state index in [9.17, 15) is 14.5 Å². The van der Waals surface area contributed by atoms with Crippen LogP contribution < -0.4 is 5.73 Å². The van der Waals surface area contributed by atoms with E-state index in [1.54, 1.807) is 0 Å². The smallest absolute Gasteiger partial charge is 0.293 e. The summed E-state index contributed by atoms with van der Waals surface area (Å²) in [7, 11) is 0. The summed E-state index contributed by atoms with van der Waals surface area (Å²) in [5.74, 6) is 0. The van der Waals surface area contributed by atoms with E-state index in [0.717, 1.165) is 6.07 Å². The van der Waals surface area contributed by atoms with Gasteiger partial charge in [0.05, 0.1) is 9.95 Å². The molecular formula is C7H6ClFN2O2. The lowest BCUT2D eigenvalue weighted by molar-refractivity contribution is -0.383. The van der Waals surface area contributed by atoms with Crippen LogP contribution in [0.1, 0.15) is 5.56 Å². The first kappa shape index (κ1) is 9.73. The Morgan fingerprint density at radius 3 is 2.69 bits per heavy atom. The Morgan fingerprint density at radius 2 is 2.23 bits per heavy atom. The Hall–Kier alpha value is -1.36. The van der Waals surface area contributed by atoms with Crippen molar-refractivity contribution in [2.45, 2.75) is 6.67 Å². The molecule has 0 radical (unpaired) electrons. The minimum absolute atomic E-state index is 0.0170. The van der Waals surface area contributed by atoms with Crippen molar-refractivity contribution in [3.63, 3.8) is 0 Å². The summed E-state index contributed by atoms with van der Waals surface area (Å²) in [6, 6.07) is 2.21. The fraction of sp³-hybridized carbons (Fsp3) is 0.143. The zero-order chi connectivity index (χ0) is 10.0. The molecular weight excluding hydrogens is 199 g/mol. The summed E-state index contributed by atoms with van der Waals surface area (Å²) < 4.78 is 12.2. The highest BCUT2D eigenvalue weighted by Gasteiger charge is 2.14. The van der Waals surface area contributed by atoms with E-state index in [0.29, 0.717) is 0 Å². The third kappa shape index (κ3) is 1.86. The molecule has 0 atom stereocenters. The number of rotatable bonds is 2. The van der Waals surface area contributed by atoms with Crippen LogP contribution in [0.3, 0.4) is 0 Å². The fourth-order valence-corrected chi connectivity index (χ4v) is 1.10. The molecule has 0 heterocycles. The number of nitrogens with two attached hydrogens (primary N) is 1. The van der Waals surface area contributed by atoms with Crippen LogP contribution in [0.2, 0.25) is 5.02 Å². The molecule has 4 nitrogen and oxygen atoms in total. The molecule has 0 fully saturated rings. The van der Waals surface area contributed by atoms with E-state index in [1.807, 2.05) is 0 Å². The van der Waals surface area contributed by atoms with Crippen molar-refractivity contribution in [3.05, 3.63) is 32.8 Å². The Morgan fingerprint density at radius 1 is 1.62 bits per heavy atom. The van der Waals surface area contributed by atoms with Crippen LogP contribution in [0.15, 0.2) is 12.1 Å². The molecule has 70 valence electrons. The van der Waals surface area contributed by atoms with Crippen molar-refractivity contribution in [1.29, 1.82) is 0 Å². The lowest BCUT2D eigenvalue weighted by Gasteiger charge is -2.01. The topological polar surface area (TPSA) is 69.2 Å². The van der Waals surface area contributed by atoms with Crippen LogP contribution in [0.25, 0.3) is 0 Å². The molecule has 2 N–H and O–H groups in total. The zero-order valence-electron chi connectivity index (χ0n) is 6.46. The second-order valence-corrected chi connectivity index (χ2v) is 2.80. The quantitative estimate of drug-likeness (QED) is 0.457. The highest BCUT2D eigenvalue weighted by atomic mass is 35.5. The van der Waals surface area contributed by atoms with Gasteiger partial charge in [0.1, 0.15) is 12.4 Å². The van der Waals surface area contributed by atoms with Gasteiger partial charge < -0.3 is 5.73 Å². The number of benzene rings is 1. The van der Waals surface area contributed by atoms with Gasteiger partial charge in [-0.15, -0.1) is 0 Å². The van der Waals surface area contributed by atoms with Gasteiger partial charge in [0.2, 0.25) is 0 Å². The molecule has 0 saturated carbocycles. The van der Waals surface area contributed by atoms with Crippen molar-refractivity contribution in [2.24, 2.45) is 0 Å². The Bertz CT molecular complexity index is 357. The zero-order valence-corrected chi connectivity index (χ0v) is 7.21. The third-order valence-corrected chi connectivity index (χ3v) is 1.89. The number of hydrogen-bond donors (Lipinski definition) is 1. The number of nitro groups is 1. The molecule has 0 aromatic heterocycles. The van der Waals surface area contributed by atoms with Gasteiger partial charge in [0.25, 0.3) is 5.69 Å². The van der Waals surface area contributed by atoms with E-state index >= 15 is 0 Å². The van der Waals surface area contributed by atoms with Crippen molar-refractivity contribution in [3.8, 4) is 0 Å². The predicted molar refractivity (Wildman–Crippen MR) is 47.3 cm³/mol. The van der Waals surface area contributed by atoms with Gasteiger partial charge in [-0.1, -0.05) is 11.6 Å². The average Bonchev–Trinajstić information content (AvgIpc) is 2.07. The monoisotopic (exact) mass is 204 g/mol. The van der Waals surface area contributed by atoms with Crippen molar-refractivity contribution in [1.82, 2.24) is 0 Å². The average molecular weight is 205 g/mol. The molecule has 1 aromatic carbocycles. The maximum Gasteiger partial charge on any atom is 0.293 e. The van der Waals surface area contributed by atoms with Gasteiger partial charge in [-0.2, -0.15) is 0 Å². The maximum absolute atomic E-state index is 12.2. The fourth-order valence-electron chi connectivity index (χ4n) is 0.887. The van der Waals surface area contributed by atoms with Gasteiger partial charge in [0.15, 0.2) is 0 Å². The Balaban J connectivity index is 3.28. The SMILES string of the molecule is Nc1cc(CF)c(Cl)cc1[N+](=O)[O-]. The van der Waals surface area contributed by atoms with Crippen LogP contribution in [0.5, 0.6) is 0 Å². The van der Waals surface area contributed by atoms with E-state index < -0.39 is 11.6 Å². The van der Waals surface area contributed by atoms with Gasteiger partial charge in [0, 0.05) is 11.6 Å². The Labute approximate surface area is 78.3 Å². The highest BCUT2D eigenvalue weighted by Crippen LogP contribution is 2.29. The van der Waals surface area contributed by atoms with Gasteiger partial charge in [-0.05, 0) is 6.07 Å². The van der Waals surface area contributed by atoms with Crippen LogP contribution in [-0.2, 0) is 6.67 Å². The molecule has 0 unspecified atom stereocenters. The molecule has 0 bridgehead atoms. The predicted octanol–water partition coefficient (Wildman–Crippen LogP) is 2.30. The summed E-state index contributed by atoms with van der Waals surface area (Å²) in [4.78, 5) is 9.68. The molecule has 0 aliphatic heterocycles. The lowest BCUT2D eigenvalue weighted by Crippen LogP contribution is -1.97. The number of nitro benzene ring substituents is 1. The number of halogens is 2. The van der Waals surface area contributed by atoms with Gasteiger partial charge in [-0.25, -0.2) is 4.39 Å². The summed E-state index contributed by atoms with van der Waals surface area (Å²) >= 11 is 5.55. The molecule has 13 heavy (non-hydrogen) atoms. The number of nitrogens with zero attached hydrogens (tertiary/aromatic N) is 1. The minimum Gasteiger partial charge on any atom is -0.393 e. The van der Waals surface area contributed by atoms with Gasteiger partial charge in [-0.3, -0.25) is 10.1 Å². The molecule has 0 spiro atoms. The minimum atomic E-state index is -0.791. The second kappa shape index (κ2) is 3.57. The number of alkyl halides is 1. The van der Waals surface area contributed by atoms with Crippen LogP contribution >= 0.6 is 11.6 Å². The van der Waals surface area contributed by atoms with Crippen molar-refractivity contribution < 1.29 is 9.31 Å². The van der Waals surface area contributed by atoms with Crippen LogP contribution in [0.4, 0.5) is 15.8 Å². The lowest BCUT2D eigenvalue weighted by atomic mass is 10.2. The highest BCUT2D eigenvalue weighted by molar-refractivity contribution is 6.31. The van der Waals surface area contributed by atoms with Crippen molar-refractivity contribution >= 4 is 23.0 Å². The summed E-state index contributed by atoms with van der Waals surface area (Å²) in [6.45, 7) is -0.791. The third-order valence-electron chi connectivity index (χ3n) is 1.54. The Kier molecular flexibility index (Phi) is 2.67. The summed E-state index contributed by atoms with van der Waals surface area (Å²) in [5.41, 5.74) is 5.07. The number of nitrogen functional groups attached to an aromatic ring is 1. The van der Waals surface area contributed by atoms with Gasteiger partial charge >= 0.3 is 0 Å². The first-order chi connectivity index (χ1) is 6.06. The first-order valence-corrected chi connectivity index (χ1v) is 3.72. The normalized spacial score (nSPS) is 10.0. The molecule has 6 heteroatoms. The number of hydrogen-bond acceptors (Lipinski definition) is 3. The molecule has 0 amide bonds. The molecule has 1 aromatic rings. The summed E-state index contributed by atoms with van der Waals surface area (Å²) in [6.07, 6.45) is 0. The maximum atomic E-state index is 12.2.